The molecule has 5 nitrogen and oxygen atoms in total. The number of aromatic nitrogens is 2. The average molecular weight is 313 g/mol. The highest BCUT2D eigenvalue weighted by Crippen LogP contribution is 2.16. The maximum atomic E-state index is 13.3. The molecular weight excluding hydrogens is 303 g/mol. The summed E-state index contributed by atoms with van der Waals surface area (Å²) >= 11 is 3.18. The average Bonchev–Trinajstić information content (AvgIpc) is 2.61. The second-order valence-corrected chi connectivity index (χ2v) is 4.44. The van der Waals surface area contributed by atoms with Crippen molar-refractivity contribution in [1.29, 1.82) is 0 Å². The molecule has 2 rings (SSSR count). The zero-order valence-electron chi connectivity index (χ0n) is 9.23. The predicted molar refractivity (Wildman–Crippen MR) is 69.4 cm³/mol. The van der Waals surface area contributed by atoms with Crippen LogP contribution in [0.3, 0.4) is 0 Å². The number of nitrogens with one attached hydrogen (secondary N) is 1. The second kappa shape index (κ2) is 5.18. The van der Waals surface area contributed by atoms with E-state index in [1.807, 2.05) is 0 Å². The molecule has 1 amide bonds. The van der Waals surface area contributed by atoms with E-state index >= 15 is 0 Å². The summed E-state index contributed by atoms with van der Waals surface area (Å²) in [6.45, 7) is -0.0376. The topological polar surface area (TPSA) is 72.9 Å². The van der Waals surface area contributed by atoms with Gasteiger partial charge in [-0.2, -0.15) is 5.10 Å². The normalized spacial score (nSPS) is 10.3. The lowest BCUT2D eigenvalue weighted by molar-refractivity contribution is -0.116. The molecule has 0 unspecified atom stereocenters. The standard InChI is InChI=1S/C11H10BrFN4O/c12-7-5-17(16-11(7)14)6-10(18)15-9-4-2-1-3-8(9)13/h1-5H,6H2,(H2,14,16)(H,15,18). The van der Waals surface area contributed by atoms with Crippen molar-refractivity contribution in [2.75, 3.05) is 11.1 Å². The molecule has 2 aromatic rings. The van der Waals surface area contributed by atoms with Crippen molar-refractivity contribution >= 4 is 33.3 Å². The Balaban J connectivity index is 2.03. The molecule has 3 N–H and O–H groups in total. The van der Waals surface area contributed by atoms with Gasteiger partial charge >= 0.3 is 0 Å². The first-order valence-corrected chi connectivity index (χ1v) is 5.88. The van der Waals surface area contributed by atoms with Gasteiger partial charge in [-0.15, -0.1) is 0 Å². The molecule has 1 aromatic carbocycles. The lowest BCUT2D eigenvalue weighted by Gasteiger charge is -2.05. The number of carbonyl (C=O) groups is 1. The van der Waals surface area contributed by atoms with E-state index in [0.29, 0.717) is 10.3 Å². The molecule has 0 saturated heterocycles. The van der Waals surface area contributed by atoms with Crippen LogP contribution in [0.4, 0.5) is 15.9 Å². The molecule has 0 atom stereocenters. The fraction of sp³-hybridized carbons (Fsp3) is 0.0909. The number of rotatable bonds is 3. The van der Waals surface area contributed by atoms with Gasteiger partial charge in [0.15, 0.2) is 5.82 Å². The van der Waals surface area contributed by atoms with Crippen LogP contribution in [0.15, 0.2) is 34.9 Å². The second-order valence-electron chi connectivity index (χ2n) is 3.59. The van der Waals surface area contributed by atoms with Gasteiger partial charge in [0.05, 0.1) is 10.2 Å². The number of nitrogens with two attached hydrogens (primary N) is 1. The van der Waals surface area contributed by atoms with Crippen molar-refractivity contribution in [3.63, 3.8) is 0 Å². The van der Waals surface area contributed by atoms with Gasteiger partial charge in [0.25, 0.3) is 0 Å². The van der Waals surface area contributed by atoms with Gasteiger partial charge in [0, 0.05) is 6.20 Å². The van der Waals surface area contributed by atoms with E-state index in [2.05, 4.69) is 26.3 Å². The molecule has 0 aliphatic carbocycles. The molecule has 7 heteroatoms. The third-order valence-corrected chi connectivity index (χ3v) is 2.81. The molecule has 0 aliphatic heterocycles. The minimum Gasteiger partial charge on any atom is -0.381 e. The first-order chi connectivity index (χ1) is 8.56. The number of halogens is 2. The maximum absolute atomic E-state index is 13.3. The summed E-state index contributed by atoms with van der Waals surface area (Å²) in [6.07, 6.45) is 1.58. The van der Waals surface area contributed by atoms with Crippen molar-refractivity contribution in [2.24, 2.45) is 0 Å². The lowest BCUT2D eigenvalue weighted by Crippen LogP contribution is -2.19. The molecule has 1 aromatic heterocycles. The van der Waals surface area contributed by atoms with Crippen molar-refractivity contribution in [3.8, 4) is 0 Å². The highest BCUT2D eigenvalue weighted by Gasteiger charge is 2.09. The number of hydrogen-bond acceptors (Lipinski definition) is 3. The third-order valence-electron chi connectivity index (χ3n) is 2.20. The van der Waals surface area contributed by atoms with Crippen LogP contribution in [0.1, 0.15) is 0 Å². The minimum absolute atomic E-state index is 0.0376. The molecule has 0 bridgehead atoms. The summed E-state index contributed by atoms with van der Waals surface area (Å²) in [5.41, 5.74) is 5.66. The zero-order chi connectivity index (χ0) is 13.1. The zero-order valence-corrected chi connectivity index (χ0v) is 10.8. The van der Waals surface area contributed by atoms with E-state index in [0.717, 1.165) is 0 Å². The Hall–Kier alpha value is -1.89. The van der Waals surface area contributed by atoms with Crippen molar-refractivity contribution in [2.45, 2.75) is 6.54 Å². The van der Waals surface area contributed by atoms with Crippen LogP contribution in [0, 0.1) is 5.82 Å². The summed E-state index contributed by atoms with van der Waals surface area (Å²) in [6, 6.07) is 5.95. The summed E-state index contributed by atoms with van der Waals surface area (Å²) in [5, 5.41) is 6.36. The van der Waals surface area contributed by atoms with Gasteiger partial charge in [0.1, 0.15) is 12.4 Å². The Morgan fingerprint density at radius 2 is 2.22 bits per heavy atom. The van der Waals surface area contributed by atoms with Gasteiger partial charge in [0.2, 0.25) is 5.91 Å². The molecule has 0 aliphatic rings. The van der Waals surface area contributed by atoms with Gasteiger partial charge in [-0.05, 0) is 28.1 Å². The smallest absolute Gasteiger partial charge is 0.246 e. The molecule has 1 heterocycles. The Labute approximate surface area is 111 Å². The van der Waals surface area contributed by atoms with E-state index in [-0.39, 0.29) is 18.1 Å². The summed E-state index contributed by atoms with van der Waals surface area (Å²) in [7, 11) is 0. The van der Waals surface area contributed by atoms with E-state index in [1.165, 1.54) is 16.8 Å². The molecule has 94 valence electrons. The summed E-state index contributed by atoms with van der Waals surface area (Å²) in [4.78, 5) is 11.7. The first-order valence-electron chi connectivity index (χ1n) is 5.09. The Morgan fingerprint density at radius 3 is 2.83 bits per heavy atom. The molecule has 0 spiro atoms. The van der Waals surface area contributed by atoms with Crippen LogP contribution in [-0.4, -0.2) is 15.7 Å². The predicted octanol–water partition coefficient (Wildman–Crippen LogP) is 2.01. The molecule has 0 radical (unpaired) electrons. The highest BCUT2D eigenvalue weighted by molar-refractivity contribution is 9.10. The number of nitrogen functional groups attached to an aromatic ring is 1. The van der Waals surface area contributed by atoms with Crippen molar-refractivity contribution < 1.29 is 9.18 Å². The van der Waals surface area contributed by atoms with Crippen molar-refractivity contribution in [1.82, 2.24) is 9.78 Å². The minimum atomic E-state index is -0.480. The van der Waals surface area contributed by atoms with Crippen LogP contribution >= 0.6 is 15.9 Å². The monoisotopic (exact) mass is 312 g/mol. The number of carbonyl (C=O) groups excluding carboxylic acids is 1. The van der Waals surface area contributed by atoms with Gasteiger partial charge in [-0.3, -0.25) is 9.48 Å². The van der Waals surface area contributed by atoms with Crippen LogP contribution in [0.25, 0.3) is 0 Å². The Morgan fingerprint density at radius 1 is 1.50 bits per heavy atom. The van der Waals surface area contributed by atoms with E-state index in [4.69, 9.17) is 5.73 Å². The van der Waals surface area contributed by atoms with Gasteiger partial charge in [-0.25, -0.2) is 4.39 Å². The van der Waals surface area contributed by atoms with Crippen LogP contribution in [0.2, 0.25) is 0 Å². The van der Waals surface area contributed by atoms with Crippen LogP contribution in [-0.2, 0) is 11.3 Å². The quantitative estimate of drug-likeness (QED) is 0.910. The van der Waals surface area contributed by atoms with E-state index in [9.17, 15) is 9.18 Å². The maximum Gasteiger partial charge on any atom is 0.246 e. The largest absolute Gasteiger partial charge is 0.381 e. The number of para-hydroxylation sites is 1. The third kappa shape index (κ3) is 2.86. The Bertz CT molecular complexity index is 565. The summed E-state index contributed by atoms with van der Waals surface area (Å²) in [5.74, 6) is -0.559. The number of anilines is 2. The van der Waals surface area contributed by atoms with Crippen LogP contribution < -0.4 is 11.1 Å². The fourth-order valence-corrected chi connectivity index (χ4v) is 1.71. The van der Waals surface area contributed by atoms with E-state index < -0.39 is 5.82 Å². The lowest BCUT2D eigenvalue weighted by atomic mass is 10.3. The molecular formula is C11H10BrFN4O. The van der Waals surface area contributed by atoms with Gasteiger partial charge in [-0.1, -0.05) is 12.1 Å². The molecule has 0 saturated carbocycles. The molecule has 0 fully saturated rings. The highest BCUT2D eigenvalue weighted by atomic mass is 79.9. The first kappa shape index (κ1) is 12.6. The van der Waals surface area contributed by atoms with E-state index in [1.54, 1.807) is 18.3 Å². The number of hydrogen-bond donors (Lipinski definition) is 2. The van der Waals surface area contributed by atoms with Gasteiger partial charge < -0.3 is 11.1 Å². The van der Waals surface area contributed by atoms with Crippen molar-refractivity contribution in [3.05, 3.63) is 40.8 Å². The van der Waals surface area contributed by atoms with Crippen LogP contribution in [0.5, 0.6) is 0 Å². The Kier molecular flexibility index (Phi) is 3.61. The molecule has 18 heavy (non-hydrogen) atoms. The number of nitrogens with zero attached hydrogens (tertiary/aromatic N) is 2. The fourth-order valence-electron chi connectivity index (χ4n) is 1.39. The SMILES string of the molecule is Nc1nn(CC(=O)Nc2ccccc2F)cc1Br. The number of benzene rings is 1. The summed E-state index contributed by atoms with van der Waals surface area (Å²) < 4.78 is 15.3. The number of amides is 1.